The van der Waals surface area contributed by atoms with Crippen LogP contribution in [0.2, 0.25) is 0 Å². The Morgan fingerprint density at radius 3 is 2.24 bits per heavy atom. The molecule has 0 aromatic rings. The first-order valence-corrected chi connectivity index (χ1v) is 6.54. The summed E-state index contributed by atoms with van der Waals surface area (Å²) in [6.07, 6.45) is -0.759. The Hall–Kier alpha value is -0.290. The largest absolute Gasteiger partial charge is 0.406 e. The second kappa shape index (κ2) is 4.76. The van der Waals surface area contributed by atoms with Crippen LogP contribution < -0.4 is 5.32 Å². The van der Waals surface area contributed by atoms with Crippen LogP contribution in [0.25, 0.3) is 0 Å². The highest BCUT2D eigenvalue weighted by molar-refractivity contribution is 5.09. The standard InChI is InChI=1S/C12H21F3N2/c1-2-7-17-8-3-10(4-9-17)16-11(5-6-11)12(13,14)15/h10,16H,2-9H2,1H3. The van der Waals surface area contributed by atoms with E-state index in [2.05, 4.69) is 17.1 Å². The quantitative estimate of drug-likeness (QED) is 0.825. The molecule has 0 radical (unpaired) electrons. The lowest BCUT2D eigenvalue weighted by Gasteiger charge is -2.35. The van der Waals surface area contributed by atoms with Crippen LogP contribution in [0.1, 0.15) is 39.0 Å². The summed E-state index contributed by atoms with van der Waals surface area (Å²) in [7, 11) is 0. The average molecular weight is 250 g/mol. The molecule has 1 aliphatic carbocycles. The zero-order chi connectivity index (χ0) is 12.5. The minimum Gasteiger partial charge on any atom is -0.303 e. The van der Waals surface area contributed by atoms with E-state index in [9.17, 15) is 13.2 Å². The Morgan fingerprint density at radius 2 is 1.82 bits per heavy atom. The number of alkyl halides is 3. The topological polar surface area (TPSA) is 15.3 Å². The number of rotatable bonds is 4. The summed E-state index contributed by atoms with van der Waals surface area (Å²) in [5, 5.41) is 2.86. The highest BCUT2D eigenvalue weighted by atomic mass is 19.4. The van der Waals surface area contributed by atoms with Gasteiger partial charge in [-0.05, 0) is 51.7 Å². The molecule has 0 atom stereocenters. The van der Waals surface area contributed by atoms with E-state index in [1.54, 1.807) is 0 Å². The fraction of sp³-hybridized carbons (Fsp3) is 1.00. The smallest absolute Gasteiger partial charge is 0.303 e. The van der Waals surface area contributed by atoms with Gasteiger partial charge in [0, 0.05) is 6.04 Å². The van der Waals surface area contributed by atoms with E-state index in [0.717, 1.165) is 38.9 Å². The van der Waals surface area contributed by atoms with E-state index in [0.29, 0.717) is 0 Å². The zero-order valence-electron chi connectivity index (χ0n) is 10.3. The van der Waals surface area contributed by atoms with Gasteiger partial charge in [-0.2, -0.15) is 13.2 Å². The second-order valence-electron chi connectivity index (χ2n) is 5.34. The Kier molecular flexibility index (Phi) is 3.69. The van der Waals surface area contributed by atoms with Crippen molar-refractivity contribution in [3.63, 3.8) is 0 Å². The van der Waals surface area contributed by atoms with Gasteiger partial charge in [0.25, 0.3) is 0 Å². The summed E-state index contributed by atoms with van der Waals surface area (Å²) < 4.78 is 38.3. The summed E-state index contributed by atoms with van der Waals surface area (Å²) in [5.74, 6) is 0. The molecule has 1 heterocycles. The fourth-order valence-corrected chi connectivity index (χ4v) is 2.64. The maximum atomic E-state index is 12.8. The van der Waals surface area contributed by atoms with Crippen molar-refractivity contribution in [1.29, 1.82) is 0 Å². The maximum Gasteiger partial charge on any atom is 0.406 e. The number of halogens is 3. The van der Waals surface area contributed by atoms with E-state index < -0.39 is 11.7 Å². The Morgan fingerprint density at radius 1 is 1.24 bits per heavy atom. The number of hydrogen-bond acceptors (Lipinski definition) is 2. The van der Waals surface area contributed by atoms with Gasteiger partial charge >= 0.3 is 6.18 Å². The summed E-state index contributed by atoms with van der Waals surface area (Å²) in [4.78, 5) is 2.34. The molecule has 17 heavy (non-hydrogen) atoms. The van der Waals surface area contributed by atoms with Gasteiger partial charge in [-0.25, -0.2) is 0 Å². The van der Waals surface area contributed by atoms with Gasteiger partial charge in [0.15, 0.2) is 0 Å². The summed E-state index contributed by atoms with van der Waals surface area (Å²) in [6.45, 7) is 5.06. The van der Waals surface area contributed by atoms with Crippen molar-refractivity contribution in [2.24, 2.45) is 0 Å². The van der Waals surface area contributed by atoms with Crippen LogP contribution in [0.3, 0.4) is 0 Å². The molecule has 2 nitrogen and oxygen atoms in total. The Labute approximate surface area is 101 Å². The van der Waals surface area contributed by atoms with Gasteiger partial charge in [0.1, 0.15) is 5.54 Å². The minimum atomic E-state index is -4.08. The lowest BCUT2D eigenvalue weighted by Crippen LogP contribution is -2.53. The number of hydrogen-bond donors (Lipinski definition) is 1. The van der Waals surface area contributed by atoms with Crippen molar-refractivity contribution in [1.82, 2.24) is 10.2 Å². The second-order valence-corrected chi connectivity index (χ2v) is 5.34. The van der Waals surface area contributed by atoms with Gasteiger partial charge in [-0.1, -0.05) is 6.92 Å². The van der Waals surface area contributed by atoms with Crippen LogP contribution in [0.15, 0.2) is 0 Å². The lowest BCUT2D eigenvalue weighted by atomic mass is 10.0. The SMILES string of the molecule is CCCN1CCC(NC2(C(F)(F)F)CC2)CC1. The minimum absolute atomic E-state index is 0.0484. The van der Waals surface area contributed by atoms with Crippen LogP contribution in [0.5, 0.6) is 0 Å². The maximum absolute atomic E-state index is 12.8. The van der Waals surface area contributed by atoms with Crippen LogP contribution in [-0.2, 0) is 0 Å². The molecule has 2 rings (SSSR count). The summed E-state index contributed by atoms with van der Waals surface area (Å²) >= 11 is 0. The van der Waals surface area contributed by atoms with Gasteiger partial charge in [0.2, 0.25) is 0 Å². The fourth-order valence-electron chi connectivity index (χ4n) is 2.64. The van der Waals surface area contributed by atoms with Crippen molar-refractivity contribution in [2.45, 2.75) is 56.8 Å². The highest BCUT2D eigenvalue weighted by Crippen LogP contribution is 2.49. The van der Waals surface area contributed by atoms with Crippen molar-refractivity contribution in [3.8, 4) is 0 Å². The molecule has 2 fully saturated rings. The Bertz CT molecular complexity index is 253. The van der Waals surface area contributed by atoms with E-state index in [4.69, 9.17) is 0 Å². The average Bonchev–Trinajstić information content (AvgIpc) is 3.02. The van der Waals surface area contributed by atoms with Crippen LogP contribution in [0.4, 0.5) is 13.2 Å². The zero-order valence-corrected chi connectivity index (χ0v) is 10.3. The predicted octanol–water partition coefficient (Wildman–Crippen LogP) is 2.55. The van der Waals surface area contributed by atoms with E-state index >= 15 is 0 Å². The number of nitrogens with zero attached hydrogens (tertiary/aromatic N) is 1. The first-order chi connectivity index (χ1) is 7.97. The molecule has 1 saturated carbocycles. The molecule has 100 valence electrons. The monoisotopic (exact) mass is 250 g/mol. The predicted molar refractivity (Wildman–Crippen MR) is 60.9 cm³/mol. The molecule has 0 aromatic heterocycles. The van der Waals surface area contributed by atoms with Gasteiger partial charge < -0.3 is 10.2 Å². The third-order valence-electron chi connectivity index (χ3n) is 3.90. The van der Waals surface area contributed by atoms with E-state index in [-0.39, 0.29) is 18.9 Å². The number of likely N-dealkylation sites (tertiary alicyclic amines) is 1. The molecule has 0 bridgehead atoms. The molecular weight excluding hydrogens is 229 g/mol. The Balaban J connectivity index is 1.79. The first kappa shape index (κ1) is 13.1. The summed E-state index contributed by atoms with van der Waals surface area (Å²) in [6, 6.07) is 0.0484. The van der Waals surface area contributed by atoms with E-state index in [1.807, 2.05) is 0 Å². The van der Waals surface area contributed by atoms with Crippen molar-refractivity contribution in [2.75, 3.05) is 19.6 Å². The normalized spacial score (nSPS) is 26.1. The van der Waals surface area contributed by atoms with Crippen LogP contribution in [-0.4, -0.2) is 42.3 Å². The molecule has 0 spiro atoms. The lowest BCUT2D eigenvalue weighted by molar-refractivity contribution is -0.168. The molecule has 0 unspecified atom stereocenters. The molecule has 2 aliphatic rings. The summed E-state index contributed by atoms with van der Waals surface area (Å²) in [5.41, 5.74) is -1.54. The first-order valence-electron chi connectivity index (χ1n) is 6.54. The highest BCUT2D eigenvalue weighted by Gasteiger charge is 2.63. The van der Waals surface area contributed by atoms with Gasteiger partial charge in [-0.15, -0.1) is 0 Å². The molecule has 1 N–H and O–H groups in total. The molecule has 1 aliphatic heterocycles. The van der Waals surface area contributed by atoms with Crippen molar-refractivity contribution in [3.05, 3.63) is 0 Å². The number of nitrogens with one attached hydrogen (secondary N) is 1. The van der Waals surface area contributed by atoms with Crippen LogP contribution in [0, 0.1) is 0 Å². The molecule has 1 saturated heterocycles. The molecule has 0 amide bonds. The molecule has 5 heteroatoms. The third-order valence-corrected chi connectivity index (χ3v) is 3.90. The van der Waals surface area contributed by atoms with Crippen molar-refractivity contribution >= 4 is 0 Å². The number of piperidine rings is 1. The van der Waals surface area contributed by atoms with Crippen molar-refractivity contribution < 1.29 is 13.2 Å². The van der Waals surface area contributed by atoms with E-state index in [1.165, 1.54) is 0 Å². The third kappa shape index (κ3) is 2.94. The van der Waals surface area contributed by atoms with Crippen LogP contribution >= 0.6 is 0 Å². The molecule has 0 aromatic carbocycles. The molecular formula is C12H21F3N2. The van der Waals surface area contributed by atoms with Gasteiger partial charge in [0.05, 0.1) is 0 Å². The van der Waals surface area contributed by atoms with Gasteiger partial charge in [-0.3, -0.25) is 0 Å².